The van der Waals surface area contributed by atoms with Crippen LogP contribution in [0.25, 0.3) is 10.1 Å². The molecule has 0 aliphatic carbocycles. The number of fused-ring (bicyclic) bond motifs is 1. The maximum absolute atomic E-state index is 14.1. The molecule has 3 rings (SSSR count). The van der Waals surface area contributed by atoms with Gasteiger partial charge in [0.25, 0.3) is 11.1 Å². The number of carbonyl (C=O) groups excluding carboxylic acids is 2. The molecule has 1 aromatic heterocycles. The lowest BCUT2D eigenvalue weighted by Crippen LogP contribution is -2.31. The minimum Gasteiger partial charge on any atom is -0.328 e. The highest BCUT2D eigenvalue weighted by molar-refractivity contribution is 8.13. The van der Waals surface area contributed by atoms with Crippen LogP contribution in [0.15, 0.2) is 18.2 Å². The summed E-state index contributed by atoms with van der Waals surface area (Å²) >= 11 is 2.41. The Labute approximate surface area is 128 Å². The van der Waals surface area contributed by atoms with Crippen LogP contribution in [0.3, 0.4) is 0 Å². The summed E-state index contributed by atoms with van der Waals surface area (Å²) < 4.78 is 14.8. The van der Waals surface area contributed by atoms with Crippen molar-refractivity contribution in [1.29, 1.82) is 0 Å². The summed E-state index contributed by atoms with van der Waals surface area (Å²) in [5, 5.41) is 0.343. The van der Waals surface area contributed by atoms with Crippen LogP contribution in [-0.4, -0.2) is 28.3 Å². The molecule has 110 valence electrons. The maximum atomic E-state index is 14.1. The van der Waals surface area contributed by atoms with Gasteiger partial charge in [0.15, 0.2) is 0 Å². The van der Waals surface area contributed by atoms with Gasteiger partial charge in [0.05, 0.1) is 4.88 Å². The molecular weight excluding hydrogens is 313 g/mol. The Morgan fingerprint density at radius 3 is 2.95 bits per heavy atom. The summed E-state index contributed by atoms with van der Waals surface area (Å²) in [7, 11) is 0. The van der Waals surface area contributed by atoms with Crippen molar-refractivity contribution >= 4 is 44.3 Å². The number of nitrogens with one attached hydrogen (secondary N) is 1. The molecule has 2 heterocycles. The predicted molar refractivity (Wildman–Crippen MR) is 81.7 cm³/mol. The number of nitrogens with zero attached hydrogens (tertiary/aromatic N) is 1. The van der Waals surface area contributed by atoms with E-state index in [-0.39, 0.29) is 11.8 Å². The molecule has 2 amide bonds. The number of carbonyl (C=O) groups is 2. The molecule has 0 atom stereocenters. The monoisotopic (exact) mass is 325 g/mol. The third kappa shape index (κ3) is 2.50. The Kier molecular flexibility index (Phi) is 3.83. The molecule has 0 saturated carbocycles. The van der Waals surface area contributed by atoms with E-state index in [4.69, 9.17) is 5.84 Å². The number of benzene rings is 1. The Morgan fingerprint density at radius 2 is 2.29 bits per heavy atom. The first-order valence-electron chi connectivity index (χ1n) is 6.24. The Hall–Kier alpha value is -1.64. The number of thiophene rings is 1. The number of hydrogen-bond donors (Lipinski definition) is 2. The minimum absolute atomic E-state index is 0.0511. The molecule has 3 N–H and O–H groups in total. The molecule has 21 heavy (non-hydrogen) atoms. The summed E-state index contributed by atoms with van der Waals surface area (Å²) in [5.74, 6) is 5.05. The minimum atomic E-state index is -0.468. The second-order valence-electron chi connectivity index (χ2n) is 4.53. The van der Waals surface area contributed by atoms with Crippen LogP contribution >= 0.6 is 23.1 Å². The van der Waals surface area contributed by atoms with Gasteiger partial charge in [-0.25, -0.2) is 10.2 Å². The van der Waals surface area contributed by atoms with Crippen LogP contribution < -0.4 is 11.3 Å². The topological polar surface area (TPSA) is 75.4 Å². The second-order valence-corrected chi connectivity index (χ2v) is 6.63. The lowest BCUT2D eigenvalue weighted by Gasteiger charge is -2.15. The number of nitrogens with two attached hydrogens (primary N) is 1. The number of rotatable bonds is 3. The molecule has 2 aromatic rings. The number of halogens is 1. The van der Waals surface area contributed by atoms with Gasteiger partial charge >= 0.3 is 0 Å². The molecular formula is C13H12FN3O2S2. The van der Waals surface area contributed by atoms with E-state index >= 15 is 0 Å². The first-order chi connectivity index (χ1) is 10.1. The molecule has 8 heteroatoms. The van der Waals surface area contributed by atoms with Crippen molar-refractivity contribution in [2.45, 2.75) is 6.54 Å². The van der Waals surface area contributed by atoms with Gasteiger partial charge in [0, 0.05) is 34.5 Å². The normalized spacial score (nSPS) is 15.0. The van der Waals surface area contributed by atoms with Crippen LogP contribution in [0.4, 0.5) is 9.18 Å². The van der Waals surface area contributed by atoms with Crippen LogP contribution in [0.1, 0.15) is 15.2 Å². The van der Waals surface area contributed by atoms with E-state index in [0.717, 1.165) is 0 Å². The summed E-state index contributed by atoms with van der Waals surface area (Å²) in [5.41, 5.74) is 2.60. The lowest BCUT2D eigenvalue weighted by molar-refractivity contribution is 0.0956. The zero-order valence-electron chi connectivity index (χ0n) is 10.9. The molecule has 1 saturated heterocycles. The molecule has 0 bridgehead atoms. The Morgan fingerprint density at radius 1 is 1.48 bits per heavy atom. The van der Waals surface area contributed by atoms with Gasteiger partial charge in [-0.15, -0.1) is 11.3 Å². The molecule has 0 unspecified atom stereocenters. The van der Waals surface area contributed by atoms with Crippen molar-refractivity contribution < 1.29 is 14.0 Å². The van der Waals surface area contributed by atoms with E-state index < -0.39 is 11.7 Å². The van der Waals surface area contributed by atoms with Crippen LogP contribution in [0, 0.1) is 5.82 Å². The summed E-state index contributed by atoms with van der Waals surface area (Å²) in [6.45, 7) is 0.814. The quantitative estimate of drug-likeness (QED) is 0.516. The van der Waals surface area contributed by atoms with E-state index in [9.17, 15) is 14.0 Å². The van der Waals surface area contributed by atoms with Gasteiger partial charge in [-0.05, 0) is 12.1 Å². The highest BCUT2D eigenvalue weighted by Gasteiger charge is 2.26. The molecule has 0 spiro atoms. The van der Waals surface area contributed by atoms with Crippen molar-refractivity contribution in [2.75, 3.05) is 12.3 Å². The number of thioether (sulfide) groups is 1. The van der Waals surface area contributed by atoms with Crippen LogP contribution in [-0.2, 0) is 6.54 Å². The van der Waals surface area contributed by atoms with Crippen molar-refractivity contribution in [3.63, 3.8) is 0 Å². The Balaban J connectivity index is 2.12. The number of hydrazine groups is 1. The molecule has 1 fully saturated rings. The summed E-state index contributed by atoms with van der Waals surface area (Å²) in [6.07, 6.45) is 0. The number of amides is 2. The van der Waals surface area contributed by atoms with E-state index in [1.54, 1.807) is 17.0 Å². The SMILES string of the molecule is NNC(=O)c1sc2cccc(F)c2c1CN1CCSC1=O. The number of nitrogen functional groups attached to an aromatic ring is 1. The average Bonchev–Trinajstić information content (AvgIpc) is 3.04. The molecule has 1 aliphatic heterocycles. The van der Waals surface area contributed by atoms with Gasteiger partial charge in [0.1, 0.15) is 5.82 Å². The van der Waals surface area contributed by atoms with E-state index in [1.165, 1.54) is 29.2 Å². The van der Waals surface area contributed by atoms with E-state index in [0.29, 0.717) is 32.8 Å². The second kappa shape index (κ2) is 5.63. The van der Waals surface area contributed by atoms with Crippen molar-refractivity contribution in [3.05, 3.63) is 34.5 Å². The maximum Gasteiger partial charge on any atom is 0.282 e. The van der Waals surface area contributed by atoms with Crippen molar-refractivity contribution in [3.8, 4) is 0 Å². The summed E-state index contributed by atoms with van der Waals surface area (Å²) in [4.78, 5) is 25.6. The molecule has 0 radical (unpaired) electrons. The zero-order chi connectivity index (χ0) is 15.0. The largest absolute Gasteiger partial charge is 0.328 e. The molecule has 5 nitrogen and oxygen atoms in total. The first-order valence-corrected chi connectivity index (χ1v) is 8.04. The number of hydrogen-bond acceptors (Lipinski definition) is 5. The van der Waals surface area contributed by atoms with E-state index in [2.05, 4.69) is 5.43 Å². The zero-order valence-corrected chi connectivity index (χ0v) is 12.5. The van der Waals surface area contributed by atoms with Crippen LogP contribution in [0.2, 0.25) is 0 Å². The molecule has 1 aromatic carbocycles. The molecule has 1 aliphatic rings. The predicted octanol–water partition coefficient (Wildman–Crippen LogP) is 2.31. The average molecular weight is 325 g/mol. The highest BCUT2D eigenvalue weighted by atomic mass is 32.2. The third-order valence-electron chi connectivity index (χ3n) is 3.29. The third-order valence-corrected chi connectivity index (χ3v) is 5.38. The fourth-order valence-corrected chi connectivity index (χ4v) is 4.28. The van der Waals surface area contributed by atoms with Gasteiger partial charge in [-0.1, -0.05) is 17.8 Å². The van der Waals surface area contributed by atoms with Crippen molar-refractivity contribution in [1.82, 2.24) is 10.3 Å². The van der Waals surface area contributed by atoms with Gasteiger partial charge in [-0.3, -0.25) is 15.0 Å². The standard InChI is InChI=1S/C13H12FN3O2S2/c14-8-2-1-3-9-10(8)7(11(21-9)12(18)16-15)6-17-4-5-20-13(17)19/h1-3H,4-6,15H2,(H,16,18). The first kappa shape index (κ1) is 14.3. The lowest BCUT2D eigenvalue weighted by atomic mass is 10.1. The van der Waals surface area contributed by atoms with Gasteiger partial charge < -0.3 is 4.90 Å². The highest BCUT2D eigenvalue weighted by Crippen LogP contribution is 2.35. The van der Waals surface area contributed by atoms with Gasteiger partial charge in [-0.2, -0.15) is 0 Å². The van der Waals surface area contributed by atoms with Crippen molar-refractivity contribution in [2.24, 2.45) is 5.84 Å². The van der Waals surface area contributed by atoms with Crippen LogP contribution in [0.5, 0.6) is 0 Å². The summed E-state index contributed by atoms with van der Waals surface area (Å²) in [6, 6.07) is 4.70. The van der Waals surface area contributed by atoms with Gasteiger partial charge in [0.2, 0.25) is 0 Å². The fourth-order valence-electron chi connectivity index (χ4n) is 2.33. The van der Waals surface area contributed by atoms with E-state index in [1.807, 2.05) is 0 Å². The Bertz CT molecular complexity index is 732. The smallest absolute Gasteiger partial charge is 0.282 e. The fraction of sp³-hybridized carbons (Fsp3) is 0.231.